The number of hydrogen-bond acceptors (Lipinski definition) is 2. The van der Waals surface area contributed by atoms with E-state index in [0.29, 0.717) is 6.42 Å². The summed E-state index contributed by atoms with van der Waals surface area (Å²) in [6.07, 6.45) is 4.62. The van der Waals surface area contributed by atoms with Gasteiger partial charge < -0.3 is 9.84 Å². The number of ether oxygens (including phenoxy) is 1. The minimum Gasteiger partial charge on any atom is -0.496 e. The highest BCUT2D eigenvalue weighted by Crippen LogP contribution is 2.19. The average Bonchev–Trinajstić information content (AvgIpc) is 2.21. The van der Waals surface area contributed by atoms with Crippen LogP contribution >= 0.6 is 0 Å². The third-order valence-electron chi connectivity index (χ3n) is 2.04. The minimum absolute atomic E-state index is 0.194. The number of methoxy groups -OCH3 is 1. The highest BCUT2D eigenvalue weighted by Gasteiger charge is 1.96. The van der Waals surface area contributed by atoms with E-state index in [1.54, 1.807) is 7.11 Å². The van der Waals surface area contributed by atoms with Gasteiger partial charge in [-0.2, -0.15) is 0 Å². The molecule has 14 heavy (non-hydrogen) atoms. The van der Waals surface area contributed by atoms with Crippen LogP contribution in [0.15, 0.2) is 24.3 Å². The van der Waals surface area contributed by atoms with Crippen LogP contribution in [0.5, 0.6) is 5.75 Å². The lowest BCUT2D eigenvalue weighted by molar-refractivity contribution is 0.303. The number of aliphatic hydroxyl groups is 1. The second kappa shape index (κ2) is 5.45. The summed E-state index contributed by atoms with van der Waals surface area (Å²) in [6.45, 7) is 2.21. The third-order valence-corrected chi connectivity index (χ3v) is 2.04. The molecule has 0 bridgehead atoms. The number of aryl methyl sites for hydroxylation is 1. The number of rotatable bonds is 4. The van der Waals surface area contributed by atoms with Crippen LogP contribution in [0.1, 0.15) is 17.5 Å². The molecule has 0 unspecified atom stereocenters. The van der Waals surface area contributed by atoms with Crippen LogP contribution in [-0.4, -0.2) is 18.8 Å². The highest BCUT2D eigenvalue weighted by molar-refractivity contribution is 5.53. The van der Waals surface area contributed by atoms with Gasteiger partial charge in [-0.15, -0.1) is 0 Å². The summed E-state index contributed by atoms with van der Waals surface area (Å²) in [5.74, 6) is 0.899. The zero-order valence-electron chi connectivity index (χ0n) is 8.66. The van der Waals surface area contributed by atoms with E-state index in [2.05, 4.69) is 0 Å². The molecule has 1 rings (SSSR count). The van der Waals surface area contributed by atoms with Crippen LogP contribution in [0.25, 0.3) is 6.08 Å². The van der Waals surface area contributed by atoms with Crippen molar-refractivity contribution in [2.75, 3.05) is 13.7 Å². The zero-order valence-corrected chi connectivity index (χ0v) is 8.66. The molecule has 2 heteroatoms. The summed E-state index contributed by atoms with van der Waals surface area (Å²) in [4.78, 5) is 0. The molecule has 1 N–H and O–H groups in total. The molecule has 0 spiro atoms. The Kier molecular flexibility index (Phi) is 4.20. The summed E-state index contributed by atoms with van der Waals surface area (Å²) in [7, 11) is 1.67. The van der Waals surface area contributed by atoms with Crippen molar-refractivity contribution in [1.29, 1.82) is 0 Å². The molecule has 0 saturated heterocycles. The predicted molar refractivity (Wildman–Crippen MR) is 58.5 cm³/mol. The standard InChI is InChI=1S/C12H16O2/c1-10-6-7-11(5-3-4-8-13)9-12(10)14-2/h3,5-7,9,13H,4,8H2,1-2H3. The Morgan fingerprint density at radius 1 is 1.43 bits per heavy atom. The largest absolute Gasteiger partial charge is 0.496 e. The van der Waals surface area contributed by atoms with Crippen molar-refractivity contribution in [2.24, 2.45) is 0 Å². The van der Waals surface area contributed by atoms with Crippen LogP contribution < -0.4 is 4.74 Å². The van der Waals surface area contributed by atoms with Gasteiger partial charge >= 0.3 is 0 Å². The van der Waals surface area contributed by atoms with Crippen LogP contribution in [0.4, 0.5) is 0 Å². The Labute approximate surface area is 84.8 Å². The van der Waals surface area contributed by atoms with Crippen LogP contribution in [-0.2, 0) is 0 Å². The summed E-state index contributed by atoms with van der Waals surface area (Å²) in [6, 6.07) is 6.05. The smallest absolute Gasteiger partial charge is 0.122 e. The first-order valence-electron chi connectivity index (χ1n) is 4.70. The molecular weight excluding hydrogens is 176 g/mol. The lowest BCUT2D eigenvalue weighted by Crippen LogP contribution is -1.87. The quantitative estimate of drug-likeness (QED) is 0.793. The molecule has 0 radical (unpaired) electrons. The average molecular weight is 192 g/mol. The first-order valence-corrected chi connectivity index (χ1v) is 4.70. The van der Waals surface area contributed by atoms with Crippen molar-refractivity contribution in [3.05, 3.63) is 35.4 Å². The molecule has 0 aromatic heterocycles. The molecular formula is C12H16O2. The highest BCUT2D eigenvalue weighted by atomic mass is 16.5. The summed E-state index contributed by atoms with van der Waals surface area (Å²) in [5.41, 5.74) is 2.23. The van der Waals surface area contributed by atoms with Gasteiger partial charge in [-0.3, -0.25) is 0 Å². The Bertz CT molecular complexity index is 316. The molecule has 0 aliphatic carbocycles. The minimum atomic E-state index is 0.194. The van der Waals surface area contributed by atoms with E-state index in [4.69, 9.17) is 9.84 Å². The maximum atomic E-state index is 8.61. The summed E-state index contributed by atoms with van der Waals surface area (Å²) >= 11 is 0. The fourth-order valence-corrected chi connectivity index (χ4v) is 1.23. The van der Waals surface area contributed by atoms with E-state index in [1.165, 1.54) is 0 Å². The summed E-state index contributed by atoms with van der Waals surface area (Å²) < 4.78 is 5.21. The van der Waals surface area contributed by atoms with E-state index in [0.717, 1.165) is 16.9 Å². The lowest BCUT2D eigenvalue weighted by Gasteiger charge is -2.04. The maximum absolute atomic E-state index is 8.61. The van der Waals surface area contributed by atoms with Crippen molar-refractivity contribution in [2.45, 2.75) is 13.3 Å². The van der Waals surface area contributed by atoms with Gasteiger partial charge in [0.1, 0.15) is 5.75 Å². The second-order valence-electron chi connectivity index (χ2n) is 3.14. The molecule has 1 aromatic carbocycles. The van der Waals surface area contributed by atoms with Gasteiger partial charge in [0.05, 0.1) is 7.11 Å². The summed E-state index contributed by atoms with van der Waals surface area (Å²) in [5, 5.41) is 8.61. The monoisotopic (exact) mass is 192 g/mol. The Morgan fingerprint density at radius 3 is 2.86 bits per heavy atom. The Morgan fingerprint density at radius 2 is 2.21 bits per heavy atom. The van der Waals surface area contributed by atoms with Crippen LogP contribution in [0, 0.1) is 6.92 Å². The van der Waals surface area contributed by atoms with Crippen LogP contribution in [0.2, 0.25) is 0 Å². The lowest BCUT2D eigenvalue weighted by atomic mass is 10.1. The molecule has 2 nitrogen and oxygen atoms in total. The normalized spacial score (nSPS) is 10.8. The predicted octanol–water partition coefficient (Wildman–Crippen LogP) is 2.40. The van der Waals surface area contributed by atoms with E-state index in [9.17, 15) is 0 Å². The van der Waals surface area contributed by atoms with E-state index >= 15 is 0 Å². The van der Waals surface area contributed by atoms with Gasteiger partial charge in [-0.25, -0.2) is 0 Å². The van der Waals surface area contributed by atoms with Gasteiger partial charge in [-0.1, -0.05) is 24.3 Å². The van der Waals surface area contributed by atoms with Crippen molar-refractivity contribution >= 4 is 6.08 Å². The van der Waals surface area contributed by atoms with E-state index in [-0.39, 0.29) is 6.61 Å². The van der Waals surface area contributed by atoms with Crippen molar-refractivity contribution in [3.8, 4) is 5.75 Å². The molecule has 0 fully saturated rings. The van der Waals surface area contributed by atoms with Gasteiger partial charge in [0.2, 0.25) is 0 Å². The van der Waals surface area contributed by atoms with E-state index in [1.807, 2.05) is 37.3 Å². The third kappa shape index (κ3) is 2.89. The fourth-order valence-electron chi connectivity index (χ4n) is 1.23. The van der Waals surface area contributed by atoms with E-state index < -0.39 is 0 Å². The molecule has 1 aromatic rings. The maximum Gasteiger partial charge on any atom is 0.122 e. The molecule has 0 amide bonds. The van der Waals surface area contributed by atoms with Crippen molar-refractivity contribution in [3.63, 3.8) is 0 Å². The van der Waals surface area contributed by atoms with Crippen molar-refractivity contribution in [1.82, 2.24) is 0 Å². The molecule has 0 aliphatic heterocycles. The van der Waals surface area contributed by atoms with Crippen LogP contribution in [0.3, 0.4) is 0 Å². The van der Waals surface area contributed by atoms with Gasteiger partial charge in [0, 0.05) is 6.61 Å². The Balaban J connectivity index is 2.79. The number of benzene rings is 1. The SMILES string of the molecule is COc1cc(C=CCCO)ccc1C. The first-order chi connectivity index (χ1) is 6.77. The number of hydrogen-bond donors (Lipinski definition) is 1. The van der Waals surface area contributed by atoms with Gasteiger partial charge in [-0.05, 0) is 30.5 Å². The molecule has 0 saturated carbocycles. The molecule has 0 aliphatic rings. The number of aliphatic hydroxyl groups excluding tert-OH is 1. The zero-order chi connectivity index (χ0) is 10.4. The van der Waals surface area contributed by atoms with Gasteiger partial charge in [0.25, 0.3) is 0 Å². The first kappa shape index (κ1) is 10.8. The Hall–Kier alpha value is -1.28. The molecule has 0 atom stereocenters. The molecule has 76 valence electrons. The van der Waals surface area contributed by atoms with Gasteiger partial charge in [0.15, 0.2) is 0 Å². The molecule has 0 heterocycles. The van der Waals surface area contributed by atoms with Crippen molar-refractivity contribution < 1.29 is 9.84 Å². The second-order valence-corrected chi connectivity index (χ2v) is 3.14. The topological polar surface area (TPSA) is 29.5 Å². The fraction of sp³-hybridized carbons (Fsp3) is 0.333.